The Hall–Kier alpha value is -3.59. The summed E-state index contributed by atoms with van der Waals surface area (Å²) in [5.74, 6) is 0.466. The van der Waals surface area contributed by atoms with Crippen LogP contribution in [0.1, 0.15) is 45.8 Å². The molecule has 1 aliphatic heterocycles. The third-order valence-electron chi connectivity index (χ3n) is 6.09. The highest BCUT2D eigenvalue weighted by Gasteiger charge is 2.43. The molecule has 4 heterocycles. The molecule has 6 rings (SSSR count). The summed E-state index contributed by atoms with van der Waals surface area (Å²) >= 11 is 0. The van der Waals surface area contributed by atoms with E-state index in [9.17, 15) is 9.18 Å². The van der Waals surface area contributed by atoms with E-state index in [-0.39, 0.29) is 11.8 Å². The monoisotopic (exact) mass is 433 g/mol. The second kappa shape index (κ2) is 7.23. The van der Waals surface area contributed by atoms with Crippen LogP contribution in [0.5, 0.6) is 0 Å². The van der Waals surface area contributed by atoms with Crippen molar-refractivity contribution >= 4 is 17.2 Å². The second-order valence-corrected chi connectivity index (χ2v) is 8.37. The second-order valence-electron chi connectivity index (χ2n) is 8.37. The van der Waals surface area contributed by atoms with Crippen LogP contribution in [0.3, 0.4) is 0 Å². The van der Waals surface area contributed by atoms with Crippen LogP contribution in [0.4, 0.5) is 10.1 Å². The molecule has 9 heteroatoms. The Morgan fingerprint density at radius 3 is 2.84 bits per heavy atom. The Labute approximate surface area is 182 Å². The van der Waals surface area contributed by atoms with Crippen LogP contribution in [0, 0.1) is 6.92 Å². The number of carbonyl (C=O) groups is 1. The number of nitrogens with zero attached hydrogens (tertiary/aromatic N) is 4. The molecular weight excluding hydrogens is 413 g/mol. The highest BCUT2D eigenvalue weighted by molar-refractivity contribution is 6.04. The number of ether oxygens (including phenoxy) is 1. The van der Waals surface area contributed by atoms with Crippen molar-refractivity contribution in [3.8, 4) is 11.4 Å². The first-order valence-corrected chi connectivity index (χ1v) is 10.5. The highest BCUT2D eigenvalue weighted by atomic mass is 19.1. The number of carbonyl (C=O) groups excluding carboxylic acids is 1. The molecule has 162 valence electrons. The number of fused-ring (bicyclic) bond motifs is 1. The molecule has 2 atom stereocenters. The van der Waals surface area contributed by atoms with Gasteiger partial charge in [0.2, 0.25) is 11.7 Å². The Balaban J connectivity index is 1.27. The van der Waals surface area contributed by atoms with Crippen molar-refractivity contribution in [3.63, 3.8) is 0 Å². The Kier molecular flexibility index (Phi) is 4.32. The van der Waals surface area contributed by atoms with E-state index in [1.165, 1.54) is 0 Å². The number of hydrogen-bond donors (Lipinski definition) is 1. The summed E-state index contributed by atoms with van der Waals surface area (Å²) in [5.41, 5.74) is 4.46. The maximum atomic E-state index is 13.3. The number of nitrogens with one attached hydrogen (secondary N) is 1. The number of rotatable bonds is 5. The molecule has 8 nitrogen and oxygen atoms in total. The minimum absolute atomic E-state index is 0.271. The van der Waals surface area contributed by atoms with Gasteiger partial charge < -0.3 is 14.6 Å². The van der Waals surface area contributed by atoms with Gasteiger partial charge in [0.15, 0.2) is 0 Å². The minimum atomic E-state index is -0.904. The van der Waals surface area contributed by atoms with Crippen LogP contribution in [-0.4, -0.2) is 44.8 Å². The quantitative estimate of drug-likeness (QED) is 0.513. The first-order valence-electron chi connectivity index (χ1n) is 10.5. The fourth-order valence-corrected chi connectivity index (χ4v) is 3.84. The molecular formula is C23H20FN5O3. The average molecular weight is 433 g/mol. The number of pyridine rings is 1. The summed E-state index contributed by atoms with van der Waals surface area (Å²) in [5, 5.41) is 6.94. The van der Waals surface area contributed by atoms with Crippen molar-refractivity contribution < 1.29 is 18.4 Å². The number of aromatic nitrogens is 4. The zero-order chi connectivity index (χ0) is 21.8. The van der Waals surface area contributed by atoms with Crippen molar-refractivity contribution in [2.24, 2.45) is 0 Å². The molecule has 1 aromatic carbocycles. The van der Waals surface area contributed by atoms with Gasteiger partial charge in [-0.1, -0.05) is 23.4 Å². The number of aryl methyl sites for hydroxylation is 1. The number of anilines is 1. The molecule has 0 bridgehead atoms. The third kappa shape index (κ3) is 3.25. The van der Waals surface area contributed by atoms with E-state index in [0.717, 1.165) is 11.1 Å². The van der Waals surface area contributed by atoms with Crippen LogP contribution >= 0.6 is 0 Å². The van der Waals surface area contributed by atoms with Gasteiger partial charge in [-0.05, 0) is 36.6 Å². The van der Waals surface area contributed by atoms with Crippen LogP contribution in [0.25, 0.3) is 17.0 Å². The number of imidazole rings is 1. The van der Waals surface area contributed by atoms with Crippen molar-refractivity contribution in [3.05, 3.63) is 65.4 Å². The lowest BCUT2D eigenvalue weighted by atomic mass is 10.00. The van der Waals surface area contributed by atoms with E-state index in [2.05, 4.69) is 20.4 Å². The van der Waals surface area contributed by atoms with Gasteiger partial charge in [-0.15, -0.1) is 0 Å². The van der Waals surface area contributed by atoms with Crippen molar-refractivity contribution in [2.75, 3.05) is 18.5 Å². The molecule has 1 saturated heterocycles. The van der Waals surface area contributed by atoms with Gasteiger partial charge in [0, 0.05) is 23.4 Å². The van der Waals surface area contributed by atoms with Crippen LogP contribution in [-0.2, 0) is 4.74 Å². The molecule has 2 fully saturated rings. The Bertz CT molecular complexity index is 1340. The fraction of sp³-hybridized carbons (Fsp3) is 0.304. The average Bonchev–Trinajstić information content (AvgIpc) is 3.15. The van der Waals surface area contributed by atoms with Gasteiger partial charge in [0.05, 0.1) is 25.3 Å². The topological polar surface area (TPSA) is 94.6 Å². The molecule has 0 spiro atoms. The third-order valence-corrected chi connectivity index (χ3v) is 6.09. The fourth-order valence-electron chi connectivity index (χ4n) is 3.84. The van der Waals surface area contributed by atoms with Crippen LogP contribution < -0.4 is 5.32 Å². The van der Waals surface area contributed by atoms with Crippen molar-refractivity contribution in [1.29, 1.82) is 0 Å². The number of benzene rings is 1. The molecule has 3 aromatic heterocycles. The van der Waals surface area contributed by atoms with E-state index in [4.69, 9.17) is 9.26 Å². The summed E-state index contributed by atoms with van der Waals surface area (Å²) in [6.45, 7) is 3.29. The molecule has 1 aliphatic carbocycles. The number of amides is 1. The van der Waals surface area contributed by atoms with Crippen LogP contribution in [0.2, 0.25) is 0 Å². The SMILES string of the molecule is Cc1ccc(-c2noc(C3C[C@@H]3F)n2)cc1NC(=O)c1cnc2ccc(C3COC3)cn12. The Morgan fingerprint density at radius 1 is 1.25 bits per heavy atom. The molecule has 4 aromatic rings. The van der Waals surface area contributed by atoms with Gasteiger partial charge in [0.25, 0.3) is 5.91 Å². The Morgan fingerprint density at radius 2 is 2.09 bits per heavy atom. The van der Waals surface area contributed by atoms with Gasteiger partial charge in [-0.3, -0.25) is 9.20 Å². The molecule has 1 amide bonds. The molecule has 1 unspecified atom stereocenters. The predicted octanol–water partition coefficient (Wildman–Crippen LogP) is 3.88. The largest absolute Gasteiger partial charge is 0.380 e. The molecule has 1 N–H and O–H groups in total. The lowest BCUT2D eigenvalue weighted by Gasteiger charge is -2.26. The van der Waals surface area contributed by atoms with Crippen LogP contribution in [0.15, 0.2) is 47.2 Å². The van der Waals surface area contributed by atoms with E-state index in [1.54, 1.807) is 16.7 Å². The summed E-state index contributed by atoms with van der Waals surface area (Å²) in [7, 11) is 0. The normalized spacial score (nSPS) is 20.3. The molecule has 2 aliphatic rings. The van der Waals surface area contributed by atoms with E-state index in [0.29, 0.717) is 59.9 Å². The summed E-state index contributed by atoms with van der Waals surface area (Å²) in [4.78, 5) is 21.8. The van der Waals surface area contributed by atoms with E-state index < -0.39 is 6.17 Å². The van der Waals surface area contributed by atoms with Gasteiger partial charge >= 0.3 is 0 Å². The molecule has 0 radical (unpaired) electrons. The van der Waals surface area contributed by atoms with Crippen molar-refractivity contribution in [1.82, 2.24) is 19.5 Å². The molecule has 32 heavy (non-hydrogen) atoms. The maximum absolute atomic E-state index is 13.3. The minimum Gasteiger partial charge on any atom is -0.380 e. The first kappa shape index (κ1) is 19.1. The van der Waals surface area contributed by atoms with Gasteiger partial charge in [-0.25, -0.2) is 9.37 Å². The van der Waals surface area contributed by atoms with E-state index in [1.807, 2.05) is 37.4 Å². The zero-order valence-corrected chi connectivity index (χ0v) is 17.3. The standard InChI is InChI=1S/C23H20FN5O3/c1-12-2-3-13(21-27-23(32-28-21)16-7-17(16)24)6-18(12)26-22(30)19-8-25-20-5-4-14(9-29(19)20)15-10-31-11-15/h2-6,8-9,15-17H,7,10-11H2,1H3,(H,26,30)/t16?,17-/m0/s1. The number of alkyl halides is 1. The summed E-state index contributed by atoms with van der Waals surface area (Å²) in [6.07, 6.45) is 3.04. The smallest absolute Gasteiger partial charge is 0.274 e. The van der Waals surface area contributed by atoms with Crippen molar-refractivity contribution in [2.45, 2.75) is 31.4 Å². The highest BCUT2D eigenvalue weighted by Crippen LogP contribution is 2.43. The molecule has 1 saturated carbocycles. The first-order chi connectivity index (χ1) is 15.6. The number of halogens is 1. The lowest BCUT2D eigenvalue weighted by Crippen LogP contribution is -2.25. The van der Waals surface area contributed by atoms with Gasteiger partial charge in [0.1, 0.15) is 17.5 Å². The summed E-state index contributed by atoms with van der Waals surface area (Å²) < 4.78 is 25.6. The summed E-state index contributed by atoms with van der Waals surface area (Å²) in [6, 6.07) is 9.45. The zero-order valence-electron chi connectivity index (χ0n) is 17.3. The van der Waals surface area contributed by atoms with E-state index >= 15 is 0 Å². The number of hydrogen-bond acceptors (Lipinski definition) is 6. The predicted molar refractivity (Wildman–Crippen MR) is 113 cm³/mol. The lowest BCUT2D eigenvalue weighted by molar-refractivity contribution is 0.00826. The maximum Gasteiger partial charge on any atom is 0.274 e. The van der Waals surface area contributed by atoms with Gasteiger partial charge in [-0.2, -0.15) is 4.98 Å².